The van der Waals surface area contributed by atoms with E-state index in [1.165, 1.54) is 0 Å². The lowest BCUT2D eigenvalue weighted by Crippen LogP contribution is -2.60. The van der Waals surface area contributed by atoms with Crippen molar-refractivity contribution in [1.29, 1.82) is 0 Å². The van der Waals surface area contributed by atoms with E-state index in [0.29, 0.717) is 6.42 Å². The molecule has 1 saturated heterocycles. The fourth-order valence-corrected chi connectivity index (χ4v) is 2.41. The number of hydrogen-bond acceptors (Lipinski definition) is 8. The molecule has 154 valence electrons. The highest BCUT2D eigenvalue weighted by molar-refractivity contribution is 6.37. The number of rotatable bonds is 9. The van der Waals surface area contributed by atoms with Crippen LogP contribution in [0.15, 0.2) is 0 Å². The Kier molecular flexibility index (Phi) is 9.32. The lowest BCUT2D eigenvalue weighted by molar-refractivity contribution is -0.308. The monoisotopic (exact) mass is 387 g/mol. The van der Waals surface area contributed by atoms with Crippen molar-refractivity contribution in [2.45, 2.75) is 57.9 Å². The van der Waals surface area contributed by atoms with Gasteiger partial charge in [-0.1, -0.05) is 26.7 Å². The molecule has 5 atom stereocenters. The Morgan fingerprint density at radius 2 is 1.89 bits per heavy atom. The molecule has 1 heterocycles. The molecule has 1 rings (SSSR count). The van der Waals surface area contributed by atoms with E-state index in [-0.39, 0.29) is 19.8 Å². The number of hydrogen-bond donors (Lipinski definition) is 4. The zero-order valence-electron chi connectivity index (χ0n) is 15.9. The third-order valence-corrected chi connectivity index (χ3v) is 3.96. The summed E-state index contributed by atoms with van der Waals surface area (Å²) in [5.41, 5.74) is -0.756. The van der Waals surface area contributed by atoms with Gasteiger partial charge < -0.3 is 34.8 Å². The van der Waals surface area contributed by atoms with E-state index >= 15 is 0 Å². The zero-order valence-corrected chi connectivity index (χ0v) is 15.9. The number of amides is 1. The predicted molar refractivity (Wildman–Crippen MR) is 94.4 cm³/mol. The van der Waals surface area contributed by atoms with E-state index in [1.54, 1.807) is 20.8 Å². The van der Waals surface area contributed by atoms with Crippen molar-refractivity contribution in [1.82, 2.24) is 5.32 Å². The maximum atomic E-state index is 11.8. The van der Waals surface area contributed by atoms with E-state index < -0.39 is 54.4 Å². The Bertz CT molecular complexity index is 538. The Morgan fingerprint density at radius 3 is 2.44 bits per heavy atom. The van der Waals surface area contributed by atoms with Crippen molar-refractivity contribution in [2.24, 2.45) is 5.41 Å². The van der Waals surface area contributed by atoms with Gasteiger partial charge in [0, 0.05) is 12.0 Å². The van der Waals surface area contributed by atoms with Crippen molar-refractivity contribution in [3.05, 3.63) is 0 Å². The second kappa shape index (κ2) is 10.7. The van der Waals surface area contributed by atoms with Gasteiger partial charge >= 0.3 is 0 Å². The Morgan fingerprint density at radius 1 is 1.22 bits per heavy atom. The van der Waals surface area contributed by atoms with Gasteiger partial charge in [-0.05, 0) is 6.42 Å². The Hall–Kier alpha value is -1.54. The number of aliphatic hydroxyl groups is 3. The first-order valence-electron chi connectivity index (χ1n) is 8.75. The van der Waals surface area contributed by atoms with Gasteiger partial charge in [-0.15, -0.1) is 6.42 Å². The summed E-state index contributed by atoms with van der Waals surface area (Å²) in [6, 6.07) is 0. The second-order valence-electron chi connectivity index (χ2n) is 7.25. The molecule has 27 heavy (non-hydrogen) atoms. The summed E-state index contributed by atoms with van der Waals surface area (Å²) in [6.07, 6.45) is -0.303. The highest BCUT2D eigenvalue weighted by Crippen LogP contribution is 2.24. The van der Waals surface area contributed by atoms with Crippen LogP contribution in [-0.2, 0) is 23.8 Å². The maximum absolute atomic E-state index is 11.8. The molecule has 0 unspecified atom stereocenters. The number of Topliss-reactive ketones (excluding diaryl/α,β-unsaturated/α-hetero) is 1. The molecule has 1 aliphatic heterocycles. The van der Waals surface area contributed by atoms with Gasteiger partial charge in [-0.2, -0.15) is 0 Å². The van der Waals surface area contributed by atoms with Crippen molar-refractivity contribution < 1.29 is 39.1 Å². The number of carbonyl (C=O) groups excluding carboxylic acids is 2. The van der Waals surface area contributed by atoms with E-state index in [2.05, 4.69) is 11.2 Å². The molecule has 0 bridgehead atoms. The smallest absolute Gasteiger partial charge is 0.287 e. The molecule has 0 saturated carbocycles. The summed E-state index contributed by atoms with van der Waals surface area (Å²) in [4.78, 5) is 23.5. The predicted octanol–water partition coefficient (Wildman–Crippen LogP) is -1.42. The average molecular weight is 387 g/mol. The molecule has 9 heteroatoms. The van der Waals surface area contributed by atoms with Crippen LogP contribution < -0.4 is 5.32 Å². The SMILES string of the molecule is C#CCO[C@@H]1[C@@H](OCCCNC(=O)C(=O)C(C)(C)C)O[C@H](CO)[C@@H](O)[C@@H]1O. The lowest BCUT2D eigenvalue weighted by atomic mass is 9.90. The number of aliphatic hydroxyl groups excluding tert-OH is 3. The second-order valence-corrected chi connectivity index (χ2v) is 7.25. The first-order chi connectivity index (χ1) is 12.6. The number of terminal acetylenes is 1. The van der Waals surface area contributed by atoms with Crippen LogP contribution >= 0.6 is 0 Å². The minimum absolute atomic E-state index is 0.117. The highest BCUT2D eigenvalue weighted by Gasteiger charge is 2.45. The number of nitrogens with one attached hydrogen (secondary N) is 1. The molecule has 0 aromatic heterocycles. The Balaban J connectivity index is 2.49. The maximum Gasteiger partial charge on any atom is 0.287 e. The molecule has 0 aromatic carbocycles. The number of ether oxygens (including phenoxy) is 3. The highest BCUT2D eigenvalue weighted by atomic mass is 16.7. The molecule has 1 aliphatic rings. The van der Waals surface area contributed by atoms with Gasteiger partial charge in [0.2, 0.25) is 5.78 Å². The fraction of sp³-hybridized carbons (Fsp3) is 0.778. The van der Waals surface area contributed by atoms with Gasteiger partial charge in [-0.3, -0.25) is 9.59 Å². The summed E-state index contributed by atoms with van der Waals surface area (Å²) in [7, 11) is 0. The zero-order chi connectivity index (χ0) is 20.6. The third kappa shape index (κ3) is 6.84. The molecule has 9 nitrogen and oxygen atoms in total. The van der Waals surface area contributed by atoms with Gasteiger partial charge in [0.05, 0.1) is 13.2 Å². The molecular weight excluding hydrogens is 358 g/mol. The lowest BCUT2D eigenvalue weighted by Gasteiger charge is -2.41. The van der Waals surface area contributed by atoms with Gasteiger partial charge in [-0.25, -0.2) is 0 Å². The number of carbonyl (C=O) groups is 2. The van der Waals surface area contributed by atoms with E-state index in [0.717, 1.165) is 0 Å². The average Bonchev–Trinajstić information content (AvgIpc) is 2.61. The minimum atomic E-state index is -1.35. The Labute approximate surface area is 159 Å². The van der Waals surface area contributed by atoms with Gasteiger partial charge in [0.1, 0.15) is 31.0 Å². The standard InChI is InChI=1S/C18H29NO8/c1-5-8-25-14-13(22)12(21)11(10-20)27-17(14)26-9-6-7-19-16(24)15(23)18(2,3)4/h1,11-14,17,20-22H,6-10H2,2-4H3,(H,19,24)/t11-,12-,13+,14+,17+/m1/s1. The largest absolute Gasteiger partial charge is 0.394 e. The van der Waals surface area contributed by atoms with Crippen LogP contribution in [-0.4, -0.2) is 84.1 Å². The van der Waals surface area contributed by atoms with Gasteiger partial charge in [0.25, 0.3) is 5.91 Å². The van der Waals surface area contributed by atoms with Gasteiger partial charge in [0.15, 0.2) is 6.29 Å². The normalized spacial score (nSPS) is 28.4. The van der Waals surface area contributed by atoms with Crippen LogP contribution in [0.3, 0.4) is 0 Å². The molecule has 1 fully saturated rings. The van der Waals surface area contributed by atoms with E-state index in [9.17, 15) is 24.9 Å². The van der Waals surface area contributed by atoms with Crippen molar-refractivity contribution in [3.8, 4) is 12.3 Å². The molecule has 0 spiro atoms. The van der Waals surface area contributed by atoms with Crippen LogP contribution in [0.25, 0.3) is 0 Å². The van der Waals surface area contributed by atoms with Crippen molar-refractivity contribution in [3.63, 3.8) is 0 Å². The van der Waals surface area contributed by atoms with Crippen molar-refractivity contribution >= 4 is 11.7 Å². The molecule has 0 aliphatic carbocycles. The quantitative estimate of drug-likeness (QED) is 0.215. The minimum Gasteiger partial charge on any atom is -0.394 e. The first kappa shape index (κ1) is 23.5. The van der Waals surface area contributed by atoms with Crippen LogP contribution in [0.5, 0.6) is 0 Å². The summed E-state index contributed by atoms with van der Waals surface area (Å²) in [6.45, 7) is 4.67. The van der Waals surface area contributed by atoms with Crippen LogP contribution in [0.4, 0.5) is 0 Å². The fourth-order valence-electron chi connectivity index (χ4n) is 2.41. The summed E-state index contributed by atoms with van der Waals surface area (Å²) >= 11 is 0. The first-order valence-corrected chi connectivity index (χ1v) is 8.75. The molecular formula is C18H29NO8. The third-order valence-electron chi connectivity index (χ3n) is 3.96. The summed E-state index contributed by atoms with van der Waals surface area (Å²) in [5.74, 6) is 1.08. The van der Waals surface area contributed by atoms with Crippen LogP contribution in [0, 0.1) is 17.8 Å². The molecule has 1 amide bonds. The summed E-state index contributed by atoms with van der Waals surface area (Å²) < 4.78 is 16.2. The molecule has 0 aromatic rings. The molecule has 0 radical (unpaired) electrons. The summed E-state index contributed by atoms with van der Waals surface area (Å²) in [5, 5.41) is 31.8. The van der Waals surface area contributed by atoms with Crippen molar-refractivity contribution in [2.75, 3.05) is 26.4 Å². The van der Waals surface area contributed by atoms with E-state index in [4.69, 9.17) is 20.6 Å². The van der Waals surface area contributed by atoms with Crippen LogP contribution in [0.2, 0.25) is 0 Å². The number of ketones is 1. The topological polar surface area (TPSA) is 135 Å². The van der Waals surface area contributed by atoms with Crippen LogP contribution in [0.1, 0.15) is 27.2 Å². The molecule has 4 N–H and O–H groups in total. The van der Waals surface area contributed by atoms with E-state index in [1.807, 2.05) is 0 Å².